The molecular formula is C24H20N6O. The zero-order valence-electron chi connectivity index (χ0n) is 17.0. The van der Waals surface area contributed by atoms with E-state index in [2.05, 4.69) is 37.5 Å². The van der Waals surface area contributed by atoms with E-state index in [1.165, 1.54) is 0 Å². The first-order valence-corrected chi connectivity index (χ1v) is 10.1. The summed E-state index contributed by atoms with van der Waals surface area (Å²) in [6, 6.07) is 11.6. The van der Waals surface area contributed by atoms with Crippen LogP contribution in [-0.2, 0) is 4.79 Å². The number of nitrogens with zero attached hydrogens (tertiary/aromatic N) is 4. The zero-order valence-corrected chi connectivity index (χ0v) is 17.0. The van der Waals surface area contributed by atoms with Gasteiger partial charge in [-0.3, -0.25) is 4.79 Å². The molecule has 1 fully saturated rings. The normalized spacial score (nSPS) is 12.8. The summed E-state index contributed by atoms with van der Waals surface area (Å²) in [5.41, 5.74) is 2.63. The van der Waals surface area contributed by atoms with Crippen LogP contribution in [0.5, 0.6) is 0 Å². The summed E-state index contributed by atoms with van der Waals surface area (Å²) < 4.78 is 1.80. The number of fused-ring (bicyclic) bond motifs is 1. The van der Waals surface area contributed by atoms with E-state index < -0.39 is 0 Å². The summed E-state index contributed by atoms with van der Waals surface area (Å²) in [5, 5.41) is 12.0. The molecule has 1 aromatic carbocycles. The lowest BCUT2D eigenvalue weighted by Crippen LogP contribution is -2.14. The van der Waals surface area contributed by atoms with Gasteiger partial charge in [0.15, 0.2) is 0 Å². The summed E-state index contributed by atoms with van der Waals surface area (Å²) in [6.07, 6.45) is 9.01. The van der Waals surface area contributed by atoms with Crippen LogP contribution < -0.4 is 10.6 Å². The van der Waals surface area contributed by atoms with Crippen molar-refractivity contribution in [2.75, 3.05) is 17.7 Å². The molecule has 0 spiro atoms. The first-order valence-electron chi connectivity index (χ1n) is 10.1. The fraction of sp³-hybridized carbons (Fsp3) is 0.167. The van der Waals surface area contributed by atoms with Crippen molar-refractivity contribution in [3.05, 3.63) is 72.3 Å². The van der Waals surface area contributed by atoms with E-state index in [-0.39, 0.29) is 11.8 Å². The van der Waals surface area contributed by atoms with Gasteiger partial charge in [-0.05, 0) is 49.2 Å². The molecule has 3 aromatic heterocycles. The Labute approximate surface area is 179 Å². The number of carbonyl (C=O) groups is 1. The molecule has 7 nitrogen and oxygen atoms in total. The lowest BCUT2D eigenvalue weighted by molar-refractivity contribution is -0.117. The summed E-state index contributed by atoms with van der Waals surface area (Å²) in [6.45, 7) is 0. The Morgan fingerprint density at radius 1 is 1.10 bits per heavy atom. The Balaban J connectivity index is 1.48. The van der Waals surface area contributed by atoms with Gasteiger partial charge in [0.25, 0.3) is 0 Å². The van der Waals surface area contributed by atoms with Crippen molar-refractivity contribution in [2.45, 2.75) is 12.8 Å². The minimum Gasteiger partial charge on any atom is -0.373 e. The Kier molecular flexibility index (Phi) is 4.81. The van der Waals surface area contributed by atoms with Crippen LogP contribution in [0.4, 0.5) is 11.6 Å². The Hall–Kier alpha value is -4.18. The average molecular weight is 408 g/mol. The number of carbonyl (C=O) groups excluding carboxylic acids is 1. The number of pyridine rings is 2. The summed E-state index contributed by atoms with van der Waals surface area (Å²) in [7, 11) is 1.82. The summed E-state index contributed by atoms with van der Waals surface area (Å²) in [4.78, 5) is 21.0. The molecule has 4 aromatic rings. The summed E-state index contributed by atoms with van der Waals surface area (Å²) in [5.74, 6) is 7.82. The van der Waals surface area contributed by atoms with E-state index in [1.807, 2.05) is 49.6 Å². The van der Waals surface area contributed by atoms with Crippen molar-refractivity contribution < 1.29 is 4.79 Å². The standard InChI is InChI=1S/C24H20N6O/c1-25-23-21-15-26-22(29-24(31)17-7-8-17)13-20(21)18(14-27-23)6-3-16-4-9-19(10-5-16)30-12-2-11-28-30/h2,4-5,9-15,17H,7-8H2,1H3,(H,25,27)(H,26,29,31). The van der Waals surface area contributed by atoms with Gasteiger partial charge in [-0.1, -0.05) is 11.8 Å². The lowest BCUT2D eigenvalue weighted by Gasteiger charge is -2.09. The van der Waals surface area contributed by atoms with Crippen LogP contribution in [0.15, 0.2) is 61.2 Å². The van der Waals surface area contributed by atoms with Gasteiger partial charge in [-0.15, -0.1) is 0 Å². The van der Waals surface area contributed by atoms with Crippen molar-refractivity contribution in [2.24, 2.45) is 5.92 Å². The number of nitrogens with one attached hydrogen (secondary N) is 2. The highest BCUT2D eigenvalue weighted by Gasteiger charge is 2.29. The molecule has 1 saturated carbocycles. The lowest BCUT2D eigenvalue weighted by atomic mass is 10.1. The molecule has 0 saturated heterocycles. The molecule has 1 amide bonds. The van der Waals surface area contributed by atoms with Crippen LogP contribution in [0.1, 0.15) is 24.0 Å². The number of anilines is 2. The predicted octanol–water partition coefficient (Wildman–Crippen LogP) is 3.61. The predicted molar refractivity (Wildman–Crippen MR) is 120 cm³/mol. The Bertz CT molecular complexity index is 1310. The molecule has 1 aliphatic carbocycles. The van der Waals surface area contributed by atoms with Gasteiger partial charge >= 0.3 is 0 Å². The van der Waals surface area contributed by atoms with E-state index in [0.29, 0.717) is 5.82 Å². The van der Waals surface area contributed by atoms with Crippen LogP contribution in [0, 0.1) is 17.8 Å². The second-order valence-electron chi connectivity index (χ2n) is 7.40. The van der Waals surface area contributed by atoms with E-state index in [1.54, 1.807) is 23.3 Å². The van der Waals surface area contributed by atoms with Crippen LogP contribution in [0.2, 0.25) is 0 Å². The SMILES string of the molecule is CNc1ncc(C#Cc2ccc(-n3cccn3)cc2)c2cc(NC(=O)C3CC3)ncc12. The Morgan fingerprint density at radius 2 is 1.94 bits per heavy atom. The minimum atomic E-state index is 0.0275. The van der Waals surface area contributed by atoms with Crippen molar-refractivity contribution in [3.8, 4) is 17.5 Å². The maximum atomic E-state index is 12.1. The van der Waals surface area contributed by atoms with E-state index in [9.17, 15) is 4.79 Å². The number of aromatic nitrogens is 4. The van der Waals surface area contributed by atoms with Gasteiger partial charge in [0.1, 0.15) is 11.6 Å². The smallest absolute Gasteiger partial charge is 0.228 e. The largest absolute Gasteiger partial charge is 0.373 e. The second kappa shape index (κ2) is 7.92. The Morgan fingerprint density at radius 3 is 2.65 bits per heavy atom. The third kappa shape index (κ3) is 3.96. The molecule has 0 unspecified atom stereocenters. The van der Waals surface area contributed by atoms with Gasteiger partial charge in [0, 0.05) is 54.1 Å². The molecule has 1 aliphatic rings. The molecule has 3 heterocycles. The summed E-state index contributed by atoms with van der Waals surface area (Å²) >= 11 is 0. The van der Waals surface area contributed by atoms with Crippen molar-refractivity contribution in [1.82, 2.24) is 19.7 Å². The van der Waals surface area contributed by atoms with Crippen LogP contribution >= 0.6 is 0 Å². The number of hydrogen-bond acceptors (Lipinski definition) is 5. The molecular weight excluding hydrogens is 388 g/mol. The van der Waals surface area contributed by atoms with E-state index >= 15 is 0 Å². The highest BCUT2D eigenvalue weighted by molar-refractivity contribution is 5.99. The third-order valence-electron chi connectivity index (χ3n) is 5.19. The first kappa shape index (κ1) is 18.8. The highest BCUT2D eigenvalue weighted by Crippen LogP contribution is 2.31. The molecule has 0 radical (unpaired) electrons. The molecule has 7 heteroatoms. The molecule has 5 rings (SSSR count). The van der Waals surface area contributed by atoms with E-state index in [4.69, 9.17) is 0 Å². The number of amides is 1. The first-order chi connectivity index (χ1) is 15.2. The molecule has 0 bridgehead atoms. The number of benzene rings is 1. The topological polar surface area (TPSA) is 84.7 Å². The van der Waals surface area contributed by atoms with Gasteiger partial charge in [-0.2, -0.15) is 5.10 Å². The van der Waals surface area contributed by atoms with E-state index in [0.717, 1.165) is 46.2 Å². The fourth-order valence-electron chi connectivity index (χ4n) is 3.33. The molecule has 152 valence electrons. The number of rotatable bonds is 4. The van der Waals surface area contributed by atoms with Crippen molar-refractivity contribution >= 4 is 28.3 Å². The van der Waals surface area contributed by atoms with Crippen LogP contribution in [0.25, 0.3) is 16.5 Å². The minimum absolute atomic E-state index is 0.0275. The number of hydrogen-bond donors (Lipinski definition) is 2. The quantitative estimate of drug-likeness (QED) is 0.504. The van der Waals surface area contributed by atoms with Gasteiger partial charge in [-0.25, -0.2) is 14.6 Å². The molecule has 31 heavy (non-hydrogen) atoms. The fourth-order valence-corrected chi connectivity index (χ4v) is 3.33. The van der Waals surface area contributed by atoms with Gasteiger partial charge in [0.05, 0.1) is 11.3 Å². The van der Waals surface area contributed by atoms with Crippen LogP contribution in [0.3, 0.4) is 0 Å². The second-order valence-corrected chi connectivity index (χ2v) is 7.40. The molecule has 0 atom stereocenters. The molecule has 0 aliphatic heterocycles. The molecule has 2 N–H and O–H groups in total. The zero-order chi connectivity index (χ0) is 21.2. The van der Waals surface area contributed by atoms with Crippen molar-refractivity contribution in [1.29, 1.82) is 0 Å². The monoisotopic (exact) mass is 408 g/mol. The van der Waals surface area contributed by atoms with Gasteiger partial charge < -0.3 is 10.6 Å². The third-order valence-corrected chi connectivity index (χ3v) is 5.19. The van der Waals surface area contributed by atoms with Crippen molar-refractivity contribution in [3.63, 3.8) is 0 Å². The maximum Gasteiger partial charge on any atom is 0.228 e. The van der Waals surface area contributed by atoms with Gasteiger partial charge in [0.2, 0.25) is 5.91 Å². The maximum absolute atomic E-state index is 12.1. The average Bonchev–Trinajstić information content (AvgIpc) is 3.52. The highest BCUT2D eigenvalue weighted by atomic mass is 16.2. The van der Waals surface area contributed by atoms with Crippen LogP contribution in [-0.4, -0.2) is 32.7 Å².